The predicted molar refractivity (Wildman–Crippen MR) is 84.7 cm³/mol. The normalized spacial score (nSPS) is 22.7. The Morgan fingerprint density at radius 1 is 0.579 bits per heavy atom. The van der Waals surface area contributed by atoms with Gasteiger partial charge in [0, 0.05) is 0 Å². The minimum atomic E-state index is 1.05. The Kier molecular flexibility index (Phi) is 3.42. The van der Waals surface area contributed by atoms with Crippen molar-refractivity contribution in [3.05, 3.63) is 89.1 Å². The van der Waals surface area contributed by atoms with E-state index in [1.54, 1.807) is 0 Å². The molecule has 0 unspecified atom stereocenters. The average molecular weight is 244 g/mol. The molecule has 0 spiro atoms. The van der Waals surface area contributed by atoms with E-state index >= 15 is 0 Å². The van der Waals surface area contributed by atoms with Gasteiger partial charge in [-0.05, 0) is 28.7 Å². The molecule has 0 heteroatoms. The van der Waals surface area contributed by atoms with Gasteiger partial charge in [-0.1, -0.05) is 85.0 Å². The molecule has 0 aliphatic heterocycles. The molecule has 0 fully saturated rings. The van der Waals surface area contributed by atoms with E-state index in [1.165, 1.54) is 22.3 Å². The van der Waals surface area contributed by atoms with Gasteiger partial charge in [0.1, 0.15) is 0 Å². The quantitative estimate of drug-likeness (QED) is 0.604. The minimum Gasteiger partial charge on any atom is -0.0795 e. The Balaban J connectivity index is 2.12. The van der Waals surface area contributed by atoms with Crippen LogP contribution in [-0.4, -0.2) is 0 Å². The smallest absolute Gasteiger partial charge is 0.00879 e. The molecule has 1 aromatic rings. The molecule has 0 amide bonds. The monoisotopic (exact) mass is 244 g/mol. The van der Waals surface area contributed by atoms with Crippen molar-refractivity contribution >= 4 is 18.2 Å². The van der Waals surface area contributed by atoms with Gasteiger partial charge >= 0.3 is 0 Å². The molecule has 1 aromatic carbocycles. The highest BCUT2D eigenvalue weighted by atomic mass is 14.1. The SMILES string of the molecule is C1=Cc2ccc3c(c2\C=C/C=C\C=C\C=C/1)C=CC3. The topological polar surface area (TPSA) is 0 Å². The fourth-order valence-electron chi connectivity index (χ4n) is 2.40. The van der Waals surface area contributed by atoms with Crippen LogP contribution in [0.25, 0.3) is 18.2 Å². The Labute approximate surface area is 114 Å². The van der Waals surface area contributed by atoms with Gasteiger partial charge in [-0.2, -0.15) is 0 Å². The lowest BCUT2D eigenvalue weighted by Gasteiger charge is -2.08. The van der Waals surface area contributed by atoms with Crippen LogP contribution < -0.4 is 0 Å². The van der Waals surface area contributed by atoms with E-state index < -0.39 is 0 Å². The highest BCUT2D eigenvalue weighted by molar-refractivity contribution is 5.78. The van der Waals surface area contributed by atoms with Crippen molar-refractivity contribution in [2.45, 2.75) is 6.42 Å². The molecule has 0 saturated heterocycles. The molecule has 0 bridgehead atoms. The molecule has 2 aliphatic rings. The molecular formula is C19H16. The maximum atomic E-state index is 2.23. The van der Waals surface area contributed by atoms with Crippen molar-refractivity contribution in [2.75, 3.05) is 0 Å². The standard InChI is InChI=1S/C19H16/c1-2-4-6-8-12-18-16(10-7-5-3-1)14-15-17-11-9-13-19(17)18/h1-10,12-15H,11H2/b2-1+,3-1?,4-2?,5-3-,6-4-,7-5?,8-6?,10-7?,12-8-,16-10?,18-12?. The second kappa shape index (κ2) is 5.53. The summed E-state index contributed by atoms with van der Waals surface area (Å²) in [5.41, 5.74) is 5.36. The first kappa shape index (κ1) is 11.7. The van der Waals surface area contributed by atoms with Crippen LogP contribution in [-0.2, 0) is 6.42 Å². The second-order valence-corrected chi connectivity index (χ2v) is 4.62. The van der Waals surface area contributed by atoms with Crippen LogP contribution in [0, 0.1) is 0 Å². The van der Waals surface area contributed by atoms with Gasteiger partial charge in [0.05, 0.1) is 0 Å². The number of hydrogen-bond donors (Lipinski definition) is 0. The van der Waals surface area contributed by atoms with Crippen molar-refractivity contribution in [3.63, 3.8) is 0 Å². The minimum absolute atomic E-state index is 1.05. The van der Waals surface area contributed by atoms with Gasteiger partial charge in [-0.25, -0.2) is 0 Å². The number of benzene rings is 1. The van der Waals surface area contributed by atoms with E-state index in [0.29, 0.717) is 0 Å². The van der Waals surface area contributed by atoms with Crippen LogP contribution in [0.3, 0.4) is 0 Å². The van der Waals surface area contributed by atoms with Crippen molar-refractivity contribution in [2.24, 2.45) is 0 Å². The zero-order valence-corrected chi connectivity index (χ0v) is 10.8. The molecule has 0 aromatic heterocycles. The van der Waals surface area contributed by atoms with Crippen LogP contribution in [0.5, 0.6) is 0 Å². The summed E-state index contributed by atoms with van der Waals surface area (Å²) in [6.45, 7) is 0. The van der Waals surface area contributed by atoms with Crippen LogP contribution in [0.15, 0.2) is 66.8 Å². The summed E-state index contributed by atoms with van der Waals surface area (Å²) in [6.07, 6.45) is 26.4. The number of rotatable bonds is 0. The molecule has 0 saturated carbocycles. The van der Waals surface area contributed by atoms with Crippen LogP contribution in [0.2, 0.25) is 0 Å². The predicted octanol–water partition coefficient (Wildman–Crippen LogP) is 4.96. The summed E-state index contributed by atoms with van der Waals surface area (Å²) in [5, 5.41) is 0. The van der Waals surface area contributed by atoms with Gasteiger partial charge in [0.15, 0.2) is 0 Å². The first-order chi connectivity index (χ1) is 9.45. The van der Waals surface area contributed by atoms with Crippen molar-refractivity contribution in [1.82, 2.24) is 0 Å². The third kappa shape index (κ3) is 2.58. The van der Waals surface area contributed by atoms with Gasteiger partial charge in [-0.3, -0.25) is 0 Å². The van der Waals surface area contributed by atoms with E-state index in [0.717, 1.165) is 6.42 Å². The van der Waals surface area contributed by atoms with Gasteiger partial charge in [0.25, 0.3) is 0 Å². The Bertz CT molecular complexity index is 647. The van der Waals surface area contributed by atoms with Crippen molar-refractivity contribution in [3.8, 4) is 0 Å². The average Bonchev–Trinajstić information content (AvgIpc) is 2.88. The summed E-state index contributed by atoms with van der Waals surface area (Å²) in [7, 11) is 0. The Morgan fingerprint density at radius 3 is 2.05 bits per heavy atom. The summed E-state index contributed by atoms with van der Waals surface area (Å²) in [6, 6.07) is 4.44. The summed E-state index contributed by atoms with van der Waals surface area (Å²) >= 11 is 0. The number of allylic oxidation sites excluding steroid dienone is 9. The molecule has 92 valence electrons. The molecule has 0 atom stereocenters. The number of hydrogen-bond acceptors (Lipinski definition) is 0. The highest BCUT2D eigenvalue weighted by Gasteiger charge is 2.10. The molecule has 2 aliphatic carbocycles. The van der Waals surface area contributed by atoms with E-state index in [1.807, 2.05) is 24.3 Å². The molecule has 0 N–H and O–H groups in total. The van der Waals surface area contributed by atoms with Gasteiger partial charge < -0.3 is 0 Å². The molecule has 0 heterocycles. The molecule has 19 heavy (non-hydrogen) atoms. The molecular weight excluding hydrogens is 228 g/mol. The Hall–Kier alpha value is -2.34. The zero-order chi connectivity index (χ0) is 12.9. The lowest BCUT2D eigenvalue weighted by Crippen LogP contribution is -1.90. The summed E-state index contributed by atoms with van der Waals surface area (Å²) in [4.78, 5) is 0. The molecule has 3 rings (SSSR count). The second-order valence-electron chi connectivity index (χ2n) is 4.62. The van der Waals surface area contributed by atoms with Gasteiger partial charge in [0.2, 0.25) is 0 Å². The summed E-state index contributed by atoms with van der Waals surface area (Å²) < 4.78 is 0. The molecule has 0 nitrogen and oxygen atoms in total. The fraction of sp³-hybridized carbons (Fsp3) is 0.0526. The first-order valence-electron chi connectivity index (χ1n) is 6.62. The first-order valence-corrected chi connectivity index (χ1v) is 6.62. The zero-order valence-electron chi connectivity index (χ0n) is 10.8. The maximum absolute atomic E-state index is 2.23. The number of fused-ring (bicyclic) bond motifs is 3. The Morgan fingerprint density at radius 2 is 1.26 bits per heavy atom. The van der Waals surface area contributed by atoms with Crippen LogP contribution >= 0.6 is 0 Å². The van der Waals surface area contributed by atoms with E-state index in [2.05, 4.69) is 60.7 Å². The van der Waals surface area contributed by atoms with E-state index in [4.69, 9.17) is 0 Å². The molecule has 0 radical (unpaired) electrons. The lowest BCUT2D eigenvalue weighted by atomic mass is 9.96. The van der Waals surface area contributed by atoms with Crippen LogP contribution in [0.1, 0.15) is 22.3 Å². The maximum Gasteiger partial charge on any atom is -0.00879 e. The fourth-order valence-corrected chi connectivity index (χ4v) is 2.40. The lowest BCUT2D eigenvalue weighted by molar-refractivity contribution is 1.30. The largest absolute Gasteiger partial charge is 0.0795 e. The third-order valence-corrected chi connectivity index (χ3v) is 3.35. The van der Waals surface area contributed by atoms with Crippen LogP contribution in [0.4, 0.5) is 0 Å². The van der Waals surface area contributed by atoms with E-state index in [9.17, 15) is 0 Å². The third-order valence-electron chi connectivity index (χ3n) is 3.35. The van der Waals surface area contributed by atoms with Crippen molar-refractivity contribution < 1.29 is 0 Å². The van der Waals surface area contributed by atoms with Crippen molar-refractivity contribution in [1.29, 1.82) is 0 Å². The van der Waals surface area contributed by atoms with Gasteiger partial charge in [-0.15, -0.1) is 0 Å². The van der Waals surface area contributed by atoms with E-state index in [-0.39, 0.29) is 0 Å². The highest BCUT2D eigenvalue weighted by Crippen LogP contribution is 2.28. The summed E-state index contributed by atoms with van der Waals surface area (Å²) in [5.74, 6) is 0.